The van der Waals surface area contributed by atoms with E-state index >= 15 is 0 Å². The summed E-state index contributed by atoms with van der Waals surface area (Å²) < 4.78 is 0. The summed E-state index contributed by atoms with van der Waals surface area (Å²) >= 11 is 14.5. The molecule has 9 heteroatoms. The second-order valence-electron chi connectivity index (χ2n) is 13.9. The number of Topliss-reactive ketones (excluding diaryl/α,β-unsaturated/α-hetero) is 1. The molecule has 7 nitrogen and oxygen atoms in total. The highest BCUT2D eigenvalue weighted by Crippen LogP contribution is 2.44. The van der Waals surface area contributed by atoms with Gasteiger partial charge in [0.05, 0.1) is 28.7 Å². The van der Waals surface area contributed by atoms with Crippen molar-refractivity contribution >= 4 is 35.0 Å². The highest BCUT2D eigenvalue weighted by molar-refractivity contribution is 6.39. The standard InChI is InChI=1S/C41H44Cl2N2O5/c1-24(46)18-29(47)22-44-16-14-31-25(2)33(12-10-27(31)20-44)35-6-4-8-37(40(35)42)38-9-5-7-36(41(38)43)34-13-11-28-21-45(17-15-32(28)26(34)3)23-30(48)19-39(49)50/h4-13,29-30,47-48H,14-23H2,1-3H3,(H,49,50)/t29-,30-/m0/s1. The maximum Gasteiger partial charge on any atom is 0.306 e. The van der Waals surface area contributed by atoms with Gasteiger partial charge < -0.3 is 15.3 Å². The molecule has 262 valence electrons. The first kappa shape index (κ1) is 36.2. The molecule has 0 aliphatic carbocycles. The third-order valence-corrected chi connectivity index (χ3v) is 11.1. The molecular weight excluding hydrogens is 671 g/mol. The molecule has 0 radical (unpaired) electrons. The summed E-state index contributed by atoms with van der Waals surface area (Å²) in [5.41, 5.74) is 13.1. The second-order valence-corrected chi connectivity index (χ2v) is 14.6. The largest absolute Gasteiger partial charge is 0.481 e. The Morgan fingerprint density at radius 3 is 1.46 bits per heavy atom. The summed E-state index contributed by atoms with van der Waals surface area (Å²) in [6.07, 6.45) is 0.0425. The number of aliphatic hydroxyl groups excluding tert-OH is 2. The first-order chi connectivity index (χ1) is 23.9. The molecule has 2 aliphatic rings. The molecule has 0 saturated heterocycles. The predicted molar refractivity (Wildman–Crippen MR) is 200 cm³/mol. The molecule has 2 aliphatic heterocycles. The highest BCUT2D eigenvalue weighted by atomic mass is 35.5. The number of carbonyl (C=O) groups excluding carboxylic acids is 1. The smallest absolute Gasteiger partial charge is 0.306 e. The fourth-order valence-electron chi connectivity index (χ4n) is 7.85. The number of aliphatic carboxylic acids is 1. The molecule has 2 atom stereocenters. The van der Waals surface area contributed by atoms with Crippen LogP contribution in [0.1, 0.15) is 53.1 Å². The number of carboxylic acids is 1. The van der Waals surface area contributed by atoms with Gasteiger partial charge in [0.2, 0.25) is 0 Å². The number of ketones is 1. The molecule has 50 heavy (non-hydrogen) atoms. The van der Waals surface area contributed by atoms with Gasteiger partial charge in [-0.2, -0.15) is 0 Å². The van der Waals surface area contributed by atoms with Crippen LogP contribution < -0.4 is 0 Å². The van der Waals surface area contributed by atoms with Gasteiger partial charge in [-0.1, -0.05) is 83.9 Å². The van der Waals surface area contributed by atoms with E-state index in [1.807, 2.05) is 30.3 Å². The second kappa shape index (κ2) is 15.4. The lowest BCUT2D eigenvalue weighted by Gasteiger charge is -2.32. The number of rotatable bonds is 11. The van der Waals surface area contributed by atoms with Crippen LogP contribution in [0.2, 0.25) is 10.0 Å². The van der Waals surface area contributed by atoms with Gasteiger partial charge in [0.25, 0.3) is 0 Å². The molecule has 0 bridgehead atoms. The normalized spacial score (nSPS) is 16.1. The Kier molecular flexibility index (Phi) is 11.1. The van der Waals surface area contributed by atoms with Crippen molar-refractivity contribution in [3.63, 3.8) is 0 Å². The quantitative estimate of drug-likeness (QED) is 0.148. The van der Waals surface area contributed by atoms with E-state index in [2.05, 4.69) is 54.0 Å². The van der Waals surface area contributed by atoms with Crippen molar-refractivity contribution in [2.45, 2.75) is 71.8 Å². The van der Waals surface area contributed by atoms with Gasteiger partial charge in [-0.25, -0.2) is 0 Å². The van der Waals surface area contributed by atoms with Crippen molar-refractivity contribution in [3.05, 3.63) is 104 Å². The molecule has 0 amide bonds. The van der Waals surface area contributed by atoms with Crippen LogP contribution in [0.5, 0.6) is 0 Å². The molecule has 0 saturated carbocycles. The number of halogens is 2. The molecule has 0 unspecified atom stereocenters. The molecule has 3 N–H and O–H groups in total. The average molecular weight is 716 g/mol. The minimum absolute atomic E-state index is 0.000405. The number of carboxylic acid groups (broad SMARTS) is 1. The molecule has 2 heterocycles. The van der Waals surface area contributed by atoms with E-state index < -0.39 is 18.2 Å². The number of hydrogen-bond donors (Lipinski definition) is 3. The Labute approximate surface area is 304 Å². The molecule has 4 aromatic carbocycles. The monoisotopic (exact) mass is 714 g/mol. The number of nitrogens with zero attached hydrogens (tertiary/aromatic N) is 2. The van der Waals surface area contributed by atoms with E-state index in [4.69, 9.17) is 28.3 Å². The summed E-state index contributed by atoms with van der Waals surface area (Å²) in [6, 6.07) is 20.7. The number of fused-ring (bicyclic) bond motifs is 2. The first-order valence-corrected chi connectivity index (χ1v) is 18.0. The van der Waals surface area contributed by atoms with Crippen LogP contribution in [-0.2, 0) is 35.5 Å². The molecule has 0 fully saturated rings. The van der Waals surface area contributed by atoms with Gasteiger partial charge in [0, 0.05) is 67.9 Å². The Bertz CT molecular complexity index is 1800. The molecule has 0 spiro atoms. The van der Waals surface area contributed by atoms with Gasteiger partial charge in [-0.3, -0.25) is 19.4 Å². The number of benzene rings is 4. The average Bonchev–Trinajstić information content (AvgIpc) is 3.05. The van der Waals surface area contributed by atoms with Crippen LogP contribution in [0.25, 0.3) is 33.4 Å². The Morgan fingerprint density at radius 2 is 1.06 bits per heavy atom. The number of β-amino-alcohol motifs (C(OH)–C–C–N with tert-alkyl or cyclic N) is 2. The minimum atomic E-state index is -0.995. The van der Waals surface area contributed by atoms with Crippen LogP contribution in [0, 0.1) is 13.8 Å². The van der Waals surface area contributed by atoms with Crippen molar-refractivity contribution in [1.82, 2.24) is 9.80 Å². The fraction of sp³-hybridized carbons (Fsp3) is 0.366. The van der Waals surface area contributed by atoms with Crippen LogP contribution in [-0.4, -0.2) is 75.3 Å². The van der Waals surface area contributed by atoms with Gasteiger partial charge >= 0.3 is 5.97 Å². The summed E-state index contributed by atoms with van der Waals surface area (Å²) in [7, 11) is 0. The molecule has 6 rings (SSSR count). The van der Waals surface area contributed by atoms with Crippen molar-refractivity contribution in [1.29, 1.82) is 0 Å². The van der Waals surface area contributed by atoms with Crippen LogP contribution in [0.3, 0.4) is 0 Å². The maximum atomic E-state index is 11.5. The summed E-state index contributed by atoms with van der Waals surface area (Å²) in [5.74, 6) is -0.995. The van der Waals surface area contributed by atoms with E-state index in [-0.39, 0.29) is 18.6 Å². The first-order valence-electron chi connectivity index (χ1n) is 17.2. The molecule has 4 aromatic rings. The van der Waals surface area contributed by atoms with Gasteiger partial charge in [0.1, 0.15) is 5.78 Å². The number of hydrogen-bond acceptors (Lipinski definition) is 6. The van der Waals surface area contributed by atoms with Crippen LogP contribution >= 0.6 is 23.2 Å². The lowest BCUT2D eigenvalue weighted by Crippen LogP contribution is -2.37. The van der Waals surface area contributed by atoms with Crippen molar-refractivity contribution < 1.29 is 24.9 Å². The number of carbonyl (C=O) groups is 2. The van der Waals surface area contributed by atoms with Crippen LogP contribution in [0.15, 0.2) is 60.7 Å². The van der Waals surface area contributed by atoms with Crippen molar-refractivity contribution in [3.8, 4) is 33.4 Å². The lowest BCUT2D eigenvalue weighted by atomic mass is 9.87. The van der Waals surface area contributed by atoms with Crippen molar-refractivity contribution in [2.75, 3.05) is 26.2 Å². The zero-order valence-corrected chi connectivity index (χ0v) is 30.3. The highest BCUT2D eigenvalue weighted by Gasteiger charge is 2.25. The van der Waals surface area contributed by atoms with E-state index in [0.717, 1.165) is 65.9 Å². The molecule has 0 aromatic heterocycles. The van der Waals surface area contributed by atoms with E-state index in [9.17, 15) is 19.8 Å². The lowest BCUT2D eigenvalue weighted by molar-refractivity contribution is -0.139. The topological polar surface area (TPSA) is 101 Å². The van der Waals surface area contributed by atoms with E-state index in [1.165, 1.54) is 40.3 Å². The summed E-state index contributed by atoms with van der Waals surface area (Å²) in [4.78, 5) is 26.8. The van der Waals surface area contributed by atoms with Gasteiger partial charge in [-0.15, -0.1) is 0 Å². The summed E-state index contributed by atoms with van der Waals surface area (Å²) in [6.45, 7) is 9.57. The third-order valence-electron chi connectivity index (χ3n) is 10.3. The molecular formula is C41H44Cl2N2O5. The van der Waals surface area contributed by atoms with Crippen LogP contribution in [0.4, 0.5) is 0 Å². The zero-order chi connectivity index (χ0) is 35.7. The predicted octanol–water partition coefficient (Wildman–Crippen LogP) is 7.50. The zero-order valence-electron chi connectivity index (χ0n) is 28.8. The Morgan fingerprint density at radius 1 is 0.660 bits per heavy atom. The van der Waals surface area contributed by atoms with Crippen molar-refractivity contribution in [2.24, 2.45) is 0 Å². The maximum absolute atomic E-state index is 11.5. The van der Waals surface area contributed by atoms with E-state index in [1.54, 1.807) is 0 Å². The fourth-order valence-corrected chi connectivity index (χ4v) is 8.51. The van der Waals surface area contributed by atoms with E-state index in [0.29, 0.717) is 29.7 Å². The summed E-state index contributed by atoms with van der Waals surface area (Å²) in [5, 5.41) is 30.8. The third kappa shape index (κ3) is 7.69. The van der Waals surface area contributed by atoms with Gasteiger partial charge in [0.15, 0.2) is 0 Å². The Balaban J connectivity index is 1.26. The van der Waals surface area contributed by atoms with Gasteiger partial charge in [-0.05, 0) is 78.1 Å². The minimum Gasteiger partial charge on any atom is -0.481 e. The SMILES string of the molecule is CC(=O)C[C@H](O)CN1CCc2c(ccc(-c3cccc(-c4cccc(-c5ccc6c(c5C)CCN(C[C@@H](O)CC(=O)O)C6)c4Cl)c3Cl)c2C)C1. The number of aliphatic hydroxyl groups is 2. The Hall–Kier alpha value is -3.56.